The van der Waals surface area contributed by atoms with Gasteiger partial charge in [-0.1, -0.05) is 0 Å². The molecule has 1 atom stereocenters. The van der Waals surface area contributed by atoms with Crippen LogP contribution in [0.25, 0.3) is 0 Å². The Bertz CT molecular complexity index is 584. The van der Waals surface area contributed by atoms with Crippen molar-refractivity contribution in [1.82, 2.24) is 19.8 Å². The summed E-state index contributed by atoms with van der Waals surface area (Å²) >= 11 is 0. The van der Waals surface area contributed by atoms with Crippen LogP contribution in [0.2, 0.25) is 0 Å². The van der Waals surface area contributed by atoms with E-state index in [4.69, 9.17) is 0 Å². The molecule has 0 bridgehead atoms. The zero-order valence-corrected chi connectivity index (χ0v) is 13.1. The molecule has 1 amide bonds. The molecular weight excluding hydrogens is 278 g/mol. The molecule has 2 fully saturated rings. The van der Waals surface area contributed by atoms with E-state index >= 15 is 0 Å². The van der Waals surface area contributed by atoms with Crippen molar-refractivity contribution < 1.29 is 4.79 Å². The van der Waals surface area contributed by atoms with Crippen molar-refractivity contribution in [2.24, 2.45) is 0 Å². The van der Waals surface area contributed by atoms with Crippen LogP contribution >= 0.6 is 0 Å². The molecule has 118 valence electrons. The fourth-order valence-corrected chi connectivity index (χ4v) is 3.42. The van der Waals surface area contributed by atoms with Crippen LogP contribution in [0, 0.1) is 18.3 Å². The topological polar surface area (TPSA) is 74.0 Å². The first-order valence-corrected chi connectivity index (χ1v) is 8.06. The summed E-state index contributed by atoms with van der Waals surface area (Å²) in [5.74, 6) is 0.990. The Morgan fingerprint density at radius 1 is 1.55 bits per heavy atom. The number of hydrogen-bond donors (Lipinski definition) is 1. The Morgan fingerprint density at radius 3 is 2.95 bits per heavy atom. The summed E-state index contributed by atoms with van der Waals surface area (Å²) in [7, 11) is 0. The van der Waals surface area contributed by atoms with Crippen molar-refractivity contribution in [1.29, 1.82) is 5.26 Å². The number of imidazole rings is 1. The minimum Gasteiger partial charge on any atom is -0.337 e. The Morgan fingerprint density at radius 2 is 2.36 bits per heavy atom. The monoisotopic (exact) mass is 301 g/mol. The highest BCUT2D eigenvalue weighted by atomic mass is 16.2. The van der Waals surface area contributed by atoms with Gasteiger partial charge in [0.15, 0.2) is 0 Å². The highest BCUT2D eigenvalue weighted by molar-refractivity contribution is 5.79. The lowest BCUT2D eigenvalue weighted by Gasteiger charge is -2.36. The van der Waals surface area contributed by atoms with E-state index in [9.17, 15) is 10.1 Å². The number of nitrogens with one attached hydrogen (secondary N) is 1. The average molecular weight is 301 g/mol. The maximum atomic E-state index is 12.3. The summed E-state index contributed by atoms with van der Waals surface area (Å²) in [5, 5.41) is 12.1. The molecule has 2 aliphatic rings. The summed E-state index contributed by atoms with van der Waals surface area (Å²) in [6.45, 7) is 4.22. The molecule has 1 unspecified atom stereocenters. The van der Waals surface area contributed by atoms with E-state index in [1.807, 2.05) is 19.3 Å². The Balaban J connectivity index is 1.56. The third-order valence-corrected chi connectivity index (χ3v) is 4.98. The number of carbonyl (C=O) groups is 1. The second kappa shape index (κ2) is 6.09. The van der Waals surface area contributed by atoms with Crippen LogP contribution in [0.4, 0.5) is 0 Å². The van der Waals surface area contributed by atoms with Gasteiger partial charge in [-0.2, -0.15) is 5.26 Å². The van der Waals surface area contributed by atoms with Gasteiger partial charge >= 0.3 is 0 Å². The Kier molecular flexibility index (Phi) is 4.16. The van der Waals surface area contributed by atoms with Gasteiger partial charge < -0.3 is 9.88 Å². The van der Waals surface area contributed by atoms with Crippen molar-refractivity contribution in [3.8, 4) is 6.07 Å². The molecular formula is C16H23N5O. The van der Waals surface area contributed by atoms with Crippen LogP contribution in [0.5, 0.6) is 0 Å². The minimum atomic E-state index is -0.590. The first kappa shape index (κ1) is 15.0. The third kappa shape index (κ3) is 3.00. The van der Waals surface area contributed by atoms with Gasteiger partial charge in [0.25, 0.3) is 0 Å². The number of aromatic nitrogens is 2. The van der Waals surface area contributed by atoms with Crippen LogP contribution in [0.3, 0.4) is 0 Å². The molecule has 6 heteroatoms. The van der Waals surface area contributed by atoms with E-state index in [-0.39, 0.29) is 5.91 Å². The molecule has 1 N–H and O–H groups in total. The van der Waals surface area contributed by atoms with Gasteiger partial charge in [-0.15, -0.1) is 0 Å². The predicted octanol–water partition coefficient (Wildman–Crippen LogP) is 1.22. The molecule has 1 saturated carbocycles. The number of carbonyl (C=O) groups excluding carboxylic acids is 1. The van der Waals surface area contributed by atoms with E-state index in [1.54, 1.807) is 0 Å². The maximum absolute atomic E-state index is 12.3. The minimum absolute atomic E-state index is 0.0181. The standard InChI is InChI=1S/C16H23N5O/c1-13-18-7-9-20(13)10-14-4-2-8-21(14)11-15(22)19-16(12-17)5-3-6-16/h7,9,14H,2-6,8,10-11H2,1H3,(H,19,22). The maximum Gasteiger partial charge on any atom is 0.235 e. The fraction of sp³-hybridized carbons (Fsp3) is 0.688. The van der Waals surface area contributed by atoms with Crippen molar-refractivity contribution in [2.45, 2.75) is 57.2 Å². The summed E-state index contributed by atoms with van der Waals surface area (Å²) in [6.07, 6.45) is 8.63. The van der Waals surface area contributed by atoms with Gasteiger partial charge in [-0.05, 0) is 45.6 Å². The van der Waals surface area contributed by atoms with Gasteiger partial charge in [0.05, 0.1) is 12.6 Å². The van der Waals surface area contributed by atoms with Gasteiger partial charge in [-0.25, -0.2) is 4.98 Å². The lowest BCUT2D eigenvalue weighted by molar-refractivity contribution is -0.124. The predicted molar refractivity (Wildman–Crippen MR) is 81.9 cm³/mol. The Labute approximate surface area is 131 Å². The summed E-state index contributed by atoms with van der Waals surface area (Å²) in [6, 6.07) is 2.64. The second-order valence-electron chi connectivity index (χ2n) is 6.49. The molecule has 0 aromatic carbocycles. The molecule has 3 rings (SSSR count). The first-order valence-electron chi connectivity index (χ1n) is 8.06. The molecule has 1 aromatic rings. The third-order valence-electron chi connectivity index (χ3n) is 4.98. The number of nitrogens with zero attached hydrogens (tertiary/aromatic N) is 4. The van der Waals surface area contributed by atoms with Crippen LogP contribution in [0.1, 0.15) is 37.9 Å². The van der Waals surface area contributed by atoms with Crippen LogP contribution < -0.4 is 5.32 Å². The SMILES string of the molecule is Cc1nccn1CC1CCCN1CC(=O)NC1(C#N)CCC1. The number of aryl methyl sites for hydroxylation is 1. The highest BCUT2D eigenvalue weighted by Gasteiger charge is 2.39. The van der Waals surface area contributed by atoms with Crippen LogP contribution in [-0.2, 0) is 11.3 Å². The summed E-state index contributed by atoms with van der Waals surface area (Å²) < 4.78 is 2.14. The lowest BCUT2D eigenvalue weighted by Crippen LogP contribution is -2.55. The van der Waals surface area contributed by atoms with E-state index in [0.29, 0.717) is 12.6 Å². The molecule has 1 aromatic heterocycles. The molecule has 0 spiro atoms. The van der Waals surface area contributed by atoms with E-state index < -0.39 is 5.54 Å². The molecule has 0 radical (unpaired) electrons. The number of rotatable bonds is 5. The normalized spacial score (nSPS) is 23.7. The lowest BCUT2D eigenvalue weighted by atomic mass is 9.78. The summed E-state index contributed by atoms with van der Waals surface area (Å²) in [5.41, 5.74) is -0.590. The van der Waals surface area contributed by atoms with Gasteiger partial charge in [0.1, 0.15) is 11.4 Å². The number of hydrogen-bond acceptors (Lipinski definition) is 4. The molecule has 1 saturated heterocycles. The fourth-order valence-electron chi connectivity index (χ4n) is 3.42. The van der Waals surface area contributed by atoms with Crippen molar-refractivity contribution in [3.05, 3.63) is 18.2 Å². The molecule has 2 heterocycles. The van der Waals surface area contributed by atoms with Gasteiger partial charge in [-0.3, -0.25) is 9.69 Å². The number of likely N-dealkylation sites (tertiary alicyclic amines) is 1. The van der Waals surface area contributed by atoms with E-state index in [1.165, 1.54) is 0 Å². The van der Waals surface area contributed by atoms with E-state index in [2.05, 4.69) is 25.8 Å². The molecule has 6 nitrogen and oxygen atoms in total. The number of amides is 1. The van der Waals surface area contributed by atoms with Crippen molar-refractivity contribution in [3.63, 3.8) is 0 Å². The molecule has 1 aliphatic carbocycles. The zero-order chi connectivity index (χ0) is 15.6. The Hall–Kier alpha value is -1.87. The summed E-state index contributed by atoms with van der Waals surface area (Å²) in [4.78, 5) is 18.7. The quantitative estimate of drug-likeness (QED) is 0.887. The van der Waals surface area contributed by atoms with Gasteiger partial charge in [0.2, 0.25) is 5.91 Å². The zero-order valence-electron chi connectivity index (χ0n) is 13.1. The highest BCUT2D eigenvalue weighted by Crippen LogP contribution is 2.31. The second-order valence-corrected chi connectivity index (χ2v) is 6.49. The largest absolute Gasteiger partial charge is 0.337 e. The smallest absolute Gasteiger partial charge is 0.235 e. The van der Waals surface area contributed by atoms with Crippen molar-refractivity contribution >= 4 is 5.91 Å². The molecule has 1 aliphatic heterocycles. The van der Waals surface area contributed by atoms with Crippen LogP contribution in [-0.4, -0.2) is 45.0 Å². The first-order chi connectivity index (χ1) is 10.6. The number of nitriles is 1. The average Bonchev–Trinajstić information content (AvgIpc) is 3.05. The molecule has 22 heavy (non-hydrogen) atoms. The van der Waals surface area contributed by atoms with Gasteiger partial charge in [0, 0.05) is 25.0 Å². The van der Waals surface area contributed by atoms with E-state index in [0.717, 1.165) is 51.0 Å². The van der Waals surface area contributed by atoms with Crippen LogP contribution in [0.15, 0.2) is 12.4 Å². The van der Waals surface area contributed by atoms with Crippen molar-refractivity contribution in [2.75, 3.05) is 13.1 Å².